The largest absolute Gasteiger partial charge is 0.252 e. The number of alkyl halides is 1. The van der Waals surface area contributed by atoms with Crippen molar-refractivity contribution in [2.45, 2.75) is 11.0 Å². The minimum atomic E-state index is 0.444. The van der Waals surface area contributed by atoms with Gasteiger partial charge in [0.15, 0.2) is 0 Å². The molecule has 0 aromatic heterocycles. The number of hydrogen-bond acceptors (Lipinski definition) is 2. The quantitative estimate of drug-likeness (QED) is 0.440. The van der Waals surface area contributed by atoms with Gasteiger partial charge in [0.25, 0.3) is 0 Å². The first-order chi connectivity index (χ1) is 6.29. The van der Waals surface area contributed by atoms with Crippen molar-refractivity contribution in [3.8, 4) is 0 Å². The molecule has 2 nitrogen and oxygen atoms in total. The van der Waals surface area contributed by atoms with E-state index < -0.39 is 0 Å². The Kier molecular flexibility index (Phi) is 2.53. The van der Waals surface area contributed by atoms with E-state index in [2.05, 4.69) is 51.8 Å². The molecule has 1 aliphatic heterocycles. The van der Waals surface area contributed by atoms with Crippen LogP contribution in [-0.4, -0.2) is 10.3 Å². The summed E-state index contributed by atoms with van der Waals surface area (Å²) in [7, 11) is 0. The lowest BCUT2D eigenvalue weighted by molar-refractivity contribution is 0.754. The Morgan fingerprint density at radius 2 is 2.00 bits per heavy atom. The fourth-order valence-electron chi connectivity index (χ4n) is 1.32. The monoisotopic (exact) mass is 286 g/mol. The van der Waals surface area contributed by atoms with Crippen LogP contribution in [0.4, 0.5) is 5.69 Å². The molecule has 1 aliphatic rings. The minimum Gasteiger partial charge on any atom is -0.252 e. The fourth-order valence-corrected chi connectivity index (χ4v) is 1.98. The average molecular weight is 286 g/mol. The third kappa shape index (κ3) is 1.70. The van der Waals surface area contributed by atoms with Gasteiger partial charge in [0.1, 0.15) is 4.05 Å². The van der Waals surface area contributed by atoms with E-state index in [-0.39, 0.29) is 0 Å². The first kappa shape index (κ1) is 8.99. The normalized spacial score (nSPS) is 26.8. The molecule has 2 atom stereocenters. The average Bonchev–Trinajstić information content (AvgIpc) is 2.49. The van der Waals surface area contributed by atoms with Crippen molar-refractivity contribution >= 4 is 34.5 Å². The van der Waals surface area contributed by atoms with Gasteiger partial charge < -0.3 is 0 Å². The Bertz CT molecular complexity index is 310. The molecule has 1 aromatic rings. The zero-order valence-corrected chi connectivity index (χ0v) is 9.55. The number of benzene rings is 1. The van der Waals surface area contributed by atoms with Crippen LogP contribution in [0, 0.1) is 5.92 Å². The van der Waals surface area contributed by atoms with Crippen LogP contribution in [-0.2, 0) is 0 Å². The molecule has 1 heterocycles. The highest BCUT2D eigenvalue weighted by atomic mass is 127. The highest BCUT2D eigenvalue weighted by molar-refractivity contribution is 14.1. The van der Waals surface area contributed by atoms with Crippen LogP contribution in [0.3, 0.4) is 0 Å². The van der Waals surface area contributed by atoms with Crippen molar-refractivity contribution in [3.05, 3.63) is 30.3 Å². The number of nitrogens with zero attached hydrogens (tertiary/aromatic N) is 2. The Morgan fingerprint density at radius 1 is 1.31 bits per heavy atom. The van der Waals surface area contributed by atoms with Crippen LogP contribution in [0.1, 0.15) is 6.92 Å². The summed E-state index contributed by atoms with van der Waals surface area (Å²) in [5.41, 5.74) is 1.17. The van der Waals surface area contributed by atoms with Gasteiger partial charge >= 0.3 is 0 Å². The number of halogens is 1. The third-order valence-electron chi connectivity index (χ3n) is 2.11. The van der Waals surface area contributed by atoms with E-state index >= 15 is 0 Å². The molecule has 3 heteroatoms. The van der Waals surface area contributed by atoms with E-state index in [1.165, 1.54) is 5.69 Å². The highest BCUT2D eigenvalue weighted by Crippen LogP contribution is 2.28. The second kappa shape index (κ2) is 3.65. The molecular formula is C10H11IN2. The van der Waals surface area contributed by atoms with Crippen LogP contribution < -0.4 is 5.01 Å². The molecule has 0 saturated heterocycles. The van der Waals surface area contributed by atoms with Crippen LogP contribution >= 0.6 is 22.6 Å². The number of hydrogen-bond donors (Lipinski definition) is 0. The molecule has 0 amide bonds. The van der Waals surface area contributed by atoms with Crippen molar-refractivity contribution in [1.82, 2.24) is 0 Å². The minimum absolute atomic E-state index is 0.444. The second-order valence-electron chi connectivity index (χ2n) is 3.18. The molecule has 0 bridgehead atoms. The number of para-hydroxylation sites is 1. The number of anilines is 1. The van der Waals surface area contributed by atoms with Crippen molar-refractivity contribution in [3.63, 3.8) is 0 Å². The molecule has 0 radical (unpaired) electrons. The second-order valence-corrected chi connectivity index (χ2v) is 4.45. The maximum Gasteiger partial charge on any atom is 0.111 e. The summed E-state index contributed by atoms with van der Waals surface area (Å²) < 4.78 is 0.444. The predicted molar refractivity (Wildman–Crippen MR) is 64.4 cm³/mol. The fraction of sp³-hybridized carbons (Fsp3) is 0.300. The lowest BCUT2D eigenvalue weighted by Crippen LogP contribution is -2.24. The Balaban J connectivity index is 2.24. The Morgan fingerprint density at radius 3 is 2.54 bits per heavy atom. The summed E-state index contributed by atoms with van der Waals surface area (Å²) in [6.45, 7) is 2.18. The zero-order valence-electron chi connectivity index (χ0n) is 7.39. The van der Waals surface area contributed by atoms with E-state index in [1.54, 1.807) is 0 Å². The zero-order chi connectivity index (χ0) is 9.26. The standard InChI is InChI=1S/C10H11IN2/c1-8-7-12-13(10(8)11)9-5-3-2-4-6-9/h2-8,10H,1H3. The van der Waals surface area contributed by atoms with Gasteiger partial charge in [0.05, 0.1) is 5.69 Å². The van der Waals surface area contributed by atoms with Gasteiger partial charge in [-0.1, -0.05) is 47.7 Å². The summed E-state index contributed by atoms with van der Waals surface area (Å²) in [6, 6.07) is 10.3. The van der Waals surface area contributed by atoms with Crippen molar-refractivity contribution in [2.75, 3.05) is 5.01 Å². The SMILES string of the molecule is CC1C=NN(c2ccccc2)C1I. The molecule has 13 heavy (non-hydrogen) atoms. The maximum atomic E-state index is 4.37. The van der Waals surface area contributed by atoms with Gasteiger partial charge in [0.2, 0.25) is 0 Å². The van der Waals surface area contributed by atoms with Crippen molar-refractivity contribution in [2.24, 2.45) is 11.0 Å². The predicted octanol–water partition coefficient (Wildman–Crippen LogP) is 2.89. The molecule has 2 rings (SSSR count). The summed E-state index contributed by atoms with van der Waals surface area (Å²) in [5.74, 6) is 0.529. The smallest absolute Gasteiger partial charge is 0.111 e. The van der Waals surface area contributed by atoms with Crippen LogP contribution in [0.2, 0.25) is 0 Å². The molecule has 0 fully saturated rings. The van der Waals surface area contributed by atoms with E-state index in [4.69, 9.17) is 0 Å². The van der Waals surface area contributed by atoms with Gasteiger partial charge in [-0.15, -0.1) is 0 Å². The van der Waals surface area contributed by atoms with Gasteiger partial charge in [-0.25, -0.2) is 0 Å². The summed E-state index contributed by atoms with van der Waals surface area (Å²) in [4.78, 5) is 0. The molecular weight excluding hydrogens is 275 g/mol. The summed E-state index contributed by atoms with van der Waals surface area (Å²) in [5, 5.41) is 6.43. The van der Waals surface area contributed by atoms with E-state index in [0.717, 1.165) is 0 Å². The molecule has 0 spiro atoms. The van der Waals surface area contributed by atoms with Crippen molar-refractivity contribution in [1.29, 1.82) is 0 Å². The van der Waals surface area contributed by atoms with Gasteiger partial charge in [0, 0.05) is 12.1 Å². The Labute approximate surface area is 91.8 Å². The maximum absolute atomic E-state index is 4.37. The molecule has 0 N–H and O–H groups in total. The lowest BCUT2D eigenvalue weighted by atomic mass is 10.2. The van der Waals surface area contributed by atoms with Crippen LogP contribution in [0.15, 0.2) is 35.4 Å². The molecule has 2 unspecified atom stereocenters. The highest BCUT2D eigenvalue weighted by Gasteiger charge is 2.25. The van der Waals surface area contributed by atoms with Crippen LogP contribution in [0.25, 0.3) is 0 Å². The van der Waals surface area contributed by atoms with Gasteiger partial charge in [-0.3, -0.25) is 5.01 Å². The first-order valence-electron chi connectivity index (χ1n) is 4.31. The topological polar surface area (TPSA) is 15.6 Å². The number of hydrazone groups is 1. The molecule has 0 aliphatic carbocycles. The summed E-state index contributed by atoms with van der Waals surface area (Å²) in [6.07, 6.45) is 2.00. The summed E-state index contributed by atoms with van der Waals surface area (Å²) >= 11 is 2.42. The van der Waals surface area contributed by atoms with Crippen LogP contribution in [0.5, 0.6) is 0 Å². The van der Waals surface area contributed by atoms with Gasteiger partial charge in [-0.05, 0) is 12.1 Å². The van der Waals surface area contributed by atoms with E-state index in [9.17, 15) is 0 Å². The first-order valence-corrected chi connectivity index (χ1v) is 5.56. The third-order valence-corrected chi connectivity index (χ3v) is 3.78. The lowest BCUT2D eigenvalue weighted by Gasteiger charge is -2.20. The molecule has 1 aromatic carbocycles. The van der Waals surface area contributed by atoms with E-state index in [1.807, 2.05) is 24.4 Å². The molecule has 0 saturated carbocycles. The van der Waals surface area contributed by atoms with Gasteiger partial charge in [-0.2, -0.15) is 5.10 Å². The van der Waals surface area contributed by atoms with Crippen molar-refractivity contribution < 1.29 is 0 Å². The van der Waals surface area contributed by atoms with E-state index in [0.29, 0.717) is 9.97 Å². The molecule has 68 valence electrons. The Hall–Kier alpha value is -0.580. The number of rotatable bonds is 1.